The first-order chi connectivity index (χ1) is 7.08. The second-order valence-electron chi connectivity index (χ2n) is 3.13. The molecule has 6 heteroatoms. The van der Waals surface area contributed by atoms with Gasteiger partial charge in [0.1, 0.15) is 11.6 Å². The number of halogens is 2. The summed E-state index contributed by atoms with van der Waals surface area (Å²) in [7, 11) is -1.10. The van der Waals surface area contributed by atoms with Gasteiger partial charge in [-0.2, -0.15) is 0 Å². The molecule has 80 valence electrons. The van der Waals surface area contributed by atoms with E-state index in [1.54, 1.807) is 18.2 Å². The van der Waals surface area contributed by atoms with Crippen molar-refractivity contribution in [3.8, 4) is 0 Å². The fraction of sp³-hybridized carbons (Fsp3) is 0.222. The summed E-state index contributed by atoms with van der Waals surface area (Å²) in [4.78, 5) is 12.9. The Bertz CT molecular complexity index is 450. The predicted molar refractivity (Wildman–Crippen MR) is 61.8 cm³/mol. The Morgan fingerprint density at radius 2 is 2.00 bits per heavy atom. The van der Waals surface area contributed by atoms with Crippen LogP contribution in [0.5, 0.6) is 0 Å². The average Bonchev–Trinajstić information content (AvgIpc) is 2.50. The third kappa shape index (κ3) is 2.17. The molecule has 1 aliphatic heterocycles. The first-order valence-corrected chi connectivity index (χ1v) is 6.43. The zero-order valence-corrected chi connectivity index (χ0v) is 9.90. The highest BCUT2D eigenvalue weighted by Gasteiger charge is 2.27. The number of anilines is 1. The van der Waals surface area contributed by atoms with Crippen molar-refractivity contribution in [2.75, 3.05) is 16.5 Å². The van der Waals surface area contributed by atoms with Gasteiger partial charge in [-0.15, -0.1) is 0 Å². The number of amides is 1. The molecule has 1 aromatic rings. The lowest BCUT2D eigenvalue weighted by Gasteiger charge is -2.14. The van der Waals surface area contributed by atoms with Crippen molar-refractivity contribution in [2.45, 2.75) is 0 Å². The third-order valence-corrected chi connectivity index (χ3v) is 3.93. The number of carbonyl (C=O) groups is 1. The van der Waals surface area contributed by atoms with E-state index >= 15 is 0 Å². The molecule has 0 spiro atoms. The summed E-state index contributed by atoms with van der Waals surface area (Å²) in [6, 6.07) is 4.91. The molecule has 1 amide bonds. The minimum Gasteiger partial charge on any atom is -0.299 e. The Hall–Kier alpha value is -0.580. The van der Waals surface area contributed by atoms with Gasteiger partial charge in [-0.05, 0) is 18.2 Å². The molecule has 0 unspecified atom stereocenters. The van der Waals surface area contributed by atoms with Gasteiger partial charge < -0.3 is 0 Å². The Balaban J connectivity index is 2.34. The molecule has 0 radical (unpaired) electrons. The van der Waals surface area contributed by atoms with Crippen molar-refractivity contribution in [3.05, 3.63) is 28.2 Å². The van der Waals surface area contributed by atoms with E-state index in [0.29, 0.717) is 15.7 Å². The van der Waals surface area contributed by atoms with E-state index in [4.69, 9.17) is 23.2 Å². The first kappa shape index (κ1) is 10.9. The molecule has 0 bridgehead atoms. The van der Waals surface area contributed by atoms with Gasteiger partial charge >= 0.3 is 0 Å². The van der Waals surface area contributed by atoms with Crippen LogP contribution in [0.4, 0.5) is 5.69 Å². The van der Waals surface area contributed by atoms with E-state index in [2.05, 4.69) is 0 Å². The lowest BCUT2D eigenvalue weighted by atomic mass is 10.3. The third-order valence-electron chi connectivity index (χ3n) is 2.07. The molecule has 15 heavy (non-hydrogen) atoms. The van der Waals surface area contributed by atoms with Crippen LogP contribution in [0.2, 0.25) is 10.0 Å². The summed E-state index contributed by atoms with van der Waals surface area (Å²) in [6.45, 7) is 0. The predicted octanol–water partition coefficient (Wildman–Crippen LogP) is 2.05. The van der Waals surface area contributed by atoms with Crippen molar-refractivity contribution in [1.82, 2.24) is 0 Å². The summed E-state index contributed by atoms with van der Waals surface area (Å²) >= 11 is 11.6. The van der Waals surface area contributed by atoms with Crippen LogP contribution in [-0.2, 0) is 15.6 Å². The van der Waals surface area contributed by atoms with Gasteiger partial charge in [0, 0.05) is 5.69 Å². The highest BCUT2D eigenvalue weighted by atomic mass is 35.5. The Kier molecular flexibility index (Phi) is 3.00. The van der Waals surface area contributed by atoms with Crippen molar-refractivity contribution in [1.29, 1.82) is 0 Å². The van der Waals surface area contributed by atoms with E-state index in [1.165, 1.54) is 4.90 Å². The molecule has 2 rings (SSSR count). The Morgan fingerprint density at radius 3 is 2.53 bits per heavy atom. The number of carbonyl (C=O) groups excluding carboxylic acids is 1. The lowest BCUT2D eigenvalue weighted by Crippen LogP contribution is -2.24. The average molecular weight is 264 g/mol. The highest BCUT2D eigenvalue weighted by Crippen LogP contribution is 2.28. The van der Waals surface area contributed by atoms with E-state index in [1.807, 2.05) is 0 Å². The fourth-order valence-corrected chi connectivity index (χ4v) is 2.74. The van der Waals surface area contributed by atoms with Gasteiger partial charge in [0.15, 0.2) is 0 Å². The van der Waals surface area contributed by atoms with Crippen LogP contribution in [0.25, 0.3) is 0 Å². The van der Waals surface area contributed by atoms with Crippen molar-refractivity contribution in [2.24, 2.45) is 0 Å². The largest absolute Gasteiger partial charge is 0.299 e. The monoisotopic (exact) mass is 263 g/mol. The van der Waals surface area contributed by atoms with Gasteiger partial charge in [0.05, 0.1) is 20.8 Å². The summed E-state index contributed by atoms with van der Waals surface area (Å²) in [5.74, 6) is 0.170. The normalized spacial score (nSPS) is 21.1. The maximum Gasteiger partial charge on any atom is 0.240 e. The molecule has 0 aromatic heterocycles. The van der Waals surface area contributed by atoms with E-state index < -0.39 is 10.8 Å². The summed E-state index contributed by atoms with van der Waals surface area (Å²) in [6.07, 6.45) is 0. The summed E-state index contributed by atoms with van der Waals surface area (Å²) in [5.41, 5.74) is 0.639. The van der Waals surface area contributed by atoms with Crippen LogP contribution < -0.4 is 4.90 Å². The molecular weight excluding hydrogens is 257 g/mol. The van der Waals surface area contributed by atoms with Crippen LogP contribution in [-0.4, -0.2) is 21.7 Å². The first-order valence-electron chi connectivity index (χ1n) is 4.18. The molecule has 1 heterocycles. The van der Waals surface area contributed by atoms with Crippen LogP contribution in [0.3, 0.4) is 0 Å². The zero-order chi connectivity index (χ0) is 11.0. The minimum absolute atomic E-state index is 0.0836. The standard InChI is InChI=1S/C9H7Cl2NO2S/c10-7-2-1-6(3-8(7)11)12-5-15(14)4-9(12)13/h1-3H,4-5H2/t15-/m1/s1. The maximum absolute atomic E-state index is 11.4. The number of hydrogen-bond acceptors (Lipinski definition) is 2. The maximum atomic E-state index is 11.4. The van der Waals surface area contributed by atoms with Crippen molar-refractivity contribution in [3.63, 3.8) is 0 Å². The van der Waals surface area contributed by atoms with Crippen molar-refractivity contribution < 1.29 is 9.00 Å². The van der Waals surface area contributed by atoms with Crippen LogP contribution in [0.1, 0.15) is 0 Å². The van der Waals surface area contributed by atoms with Crippen molar-refractivity contribution >= 4 is 45.6 Å². The highest BCUT2D eigenvalue weighted by molar-refractivity contribution is 7.86. The van der Waals surface area contributed by atoms with Crippen LogP contribution >= 0.6 is 23.2 Å². The van der Waals surface area contributed by atoms with Gasteiger partial charge in [-0.1, -0.05) is 23.2 Å². The topological polar surface area (TPSA) is 37.4 Å². The van der Waals surface area contributed by atoms with E-state index in [9.17, 15) is 9.00 Å². The second kappa shape index (κ2) is 4.12. The molecular formula is C9H7Cl2NO2S. The van der Waals surface area contributed by atoms with Gasteiger partial charge in [-0.25, -0.2) is 0 Å². The number of benzene rings is 1. The Morgan fingerprint density at radius 1 is 1.27 bits per heavy atom. The molecule has 0 aliphatic carbocycles. The molecule has 0 N–H and O–H groups in total. The minimum atomic E-state index is -1.10. The van der Waals surface area contributed by atoms with Crippen LogP contribution in [0, 0.1) is 0 Å². The quantitative estimate of drug-likeness (QED) is 0.778. The molecule has 0 saturated carbocycles. The molecule has 1 aliphatic rings. The van der Waals surface area contributed by atoms with Gasteiger partial charge in [-0.3, -0.25) is 13.9 Å². The number of nitrogens with zero attached hydrogens (tertiary/aromatic N) is 1. The second-order valence-corrected chi connectivity index (χ2v) is 5.37. The van der Waals surface area contributed by atoms with Gasteiger partial charge in [0.2, 0.25) is 5.91 Å². The van der Waals surface area contributed by atoms with E-state index in [0.717, 1.165) is 0 Å². The number of rotatable bonds is 1. The SMILES string of the molecule is O=C1C[S@@](=O)CN1c1ccc(Cl)c(Cl)c1. The Labute approximate surface area is 99.4 Å². The molecule has 1 saturated heterocycles. The fourth-order valence-electron chi connectivity index (χ4n) is 1.35. The van der Waals surface area contributed by atoms with E-state index in [-0.39, 0.29) is 17.5 Å². The molecule has 3 nitrogen and oxygen atoms in total. The van der Waals surface area contributed by atoms with Crippen LogP contribution in [0.15, 0.2) is 18.2 Å². The molecule has 1 fully saturated rings. The molecule has 1 atom stereocenters. The summed E-state index contributed by atoms with van der Waals surface area (Å²) in [5, 5.41) is 0.827. The molecule has 1 aromatic carbocycles. The zero-order valence-electron chi connectivity index (χ0n) is 7.57. The smallest absolute Gasteiger partial charge is 0.240 e. The van der Waals surface area contributed by atoms with Gasteiger partial charge in [0.25, 0.3) is 0 Å². The number of hydrogen-bond donors (Lipinski definition) is 0. The lowest BCUT2D eigenvalue weighted by molar-refractivity contribution is -0.115. The summed E-state index contributed by atoms with van der Waals surface area (Å²) < 4.78 is 11.2.